The molecule has 0 spiro atoms. The van der Waals surface area contributed by atoms with Crippen LogP contribution in [0.4, 0.5) is 5.95 Å². The first kappa shape index (κ1) is 10.4. The Kier molecular flexibility index (Phi) is 3.50. The Hall–Kier alpha value is -1.16. The van der Waals surface area contributed by atoms with E-state index in [0.29, 0.717) is 6.17 Å². The SMILES string of the molecule is CCN1CCCCC1Nc1ncccn1. The Bertz CT molecular complexity index is 288. The van der Waals surface area contributed by atoms with Crippen molar-refractivity contribution < 1.29 is 0 Å². The maximum atomic E-state index is 4.19. The van der Waals surface area contributed by atoms with E-state index in [2.05, 4.69) is 27.1 Å². The van der Waals surface area contributed by atoms with E-state index < -0.39 is 0 Å². The Morgan fingerprint density at radius 2 is 2.20 bits per heavy atom. The number of nitrogens with one attached hydrogen (secondary N) is 1. The summed E-state index contributed by atoms with van der Waals surface area (Å²) < 4.78 is 0. The molecule has 1 saturated heterocycles. The molecule has 0 amide bonds. The van der Waals surface area contributed by atoms with Crippen LogP contribution in [0.2, 0.25) is 0 Å². The largest absolute Gasteiger partial charge is 0.339 e. The molecule has 82 valence electrons. The van der Waals surface area contributed by atoms with E-state index in [0.717, 1.165) is 12.5 Å². The topological polar surface area (TPSA) is 41.0 Å². The lowest BCUT2D eigenvalue weighted by molar-refractivity contribution is 0.175. The molecular weight excluding hydrogens is 188 g/mol. The molecule has 1 unspecified atom stereocenters. The van der Waals surface area contributed by atoms with Crippen molar-refractivity contribution in [1.82, 2.24) is 14.9 Å². The van der Waals surface area contributed by atoms with Crippen LogP contribution in [0.1, 0.15) is 26.2 Å². The molecule has 0 radical (unpaired) electrons. The quantitative estimate of drug-likeness (QED) is 0.817. The van der Waals surface area contributed by atoms with Gasteiger partial charge in [0.2, 0.25) is 5.95 Å². The number of piperidine rings is 1. The van der Waals surface area contributed by atoms with Crippen LogP contribution in [-0.4, -0.2) is 34.1 Å². The van der Waals surface area contributed by atoms with E-state index >= 15 is 0 Å². The summed E-state index contributed by atoms with van der Waals surface area (Å²) in [5.74, 6) is 0.739. The highest BCUT2D eigenvalue weighted by atomic mass is 15.3. The molecule has 1 aromatic heterocycles. The van der Waals surface area contributed by atoms with Gasteiger partial charge < -0.3 is 5.32 Å². The molecule has 0 bridgehead atoms. The third-order valence-corrected chi connectivity index (χ3v) is 2.88. The first-order valence-electron chi connectivity index (χ1n) is 5.67. The zero-order valence-corrected chi connectivity index (χ0v) is 9.19. The maximum absolute atomic E-state index is 4.19. The van der Waals surface area contributed by atoms with E-state index in [1.807, 2.05) is 6.07 Å². The second-order valence-electron chi connectivity index (χ2n) is 3.86. The van der Waals surface area contributed by atoms with Gasteiger partial charge in [-0.1, -0.05) is 6.92 Å². The number of hydrogen-bond donors (Lipinski definition) is 1. The van der Waals surface area contributed by atoms with Crippen LogP contribution in [0.15, 0.2) is 18.5 Å². The van der Waals surface area contributed by atoms with Crippen molar-refractivity contribution in [2.24, 2.45) is 0 Å². The predicted octanol–water partition coefficient (Wildman–Crippen LogP) is 1.72. The summed E-state index contributed by atoms with van der Waals surface area (Å²) in [6.45, 7) is 4.47. The number of nitrogens with zero attached hydrogens (tertiary/aromatic N) is 3. The van der Waals surface area contributed by atoms with E-state index in [-0.39, 0.29) is 0 Å². The summed E-state index contributed by atoms with van der Waals surface area (Å²) >= 11 is 0. The second kappa shape index (κ2) is 5.07. The standard InChI is InChI=1S/C11H18N4/c1-2-15-9-4-3-6-10(15)14-11-12-7-5-8-13-11/h5,7-8,10H,2-4,6,9H2,1H3,(H,12,13,14). The molecule has 1 aromatic rings. The number of likely N-dealkylation sites (tertiary alicyclic amines) is 1. The summed E-state index contributed by atoms with van der Waals surface area (Å²) in [7, 11) is 0. The summed E-state index contributed by atoms with van der Waals surface area (Å²) in [6.07, 6.45) is 7.74. The molecule has 15 heavy (non-hydrogen) atoms. The Morgan fingerprint density at radius 1 is 1.40 bits per heavy atom. The minimum absolute atomic E-state index is 0.408. The van der Waals surface area contributed by atoms with Crippen molar-refractivity contribution in [3.8, 4) is 0 Å². The summed E-state index contributed by atoms with van der Waals surface area (Å²) in [5.41, 5.74) is 0. The van der Waals surface area contributed by atoms with Gasteiger partial charge in [0, 0.05) is 18.9 Å². The highest BCUT2D eigenvalue weighted by molar-refractivity contribution is 5.23. The molecule has 1 aliphatic rings. The minimum atomic E-state index is 0.408. The first-order valence-corrected chi connectivity index (χ1v) is 5.67. The molecular formula is C11H18N4. The van der Waals surface area contributed by atoms with E-state index in [1.165, 1.54) is 25.8 Å². The van der Waals surface area contributed by atoms with Crippen molar-refractivity contribution in [3.05, 3.63) is 18.5 Å². The molecule has 2 rings (SSSR count). The third kappa shape index (κ3) is 2.65. The Morgan fingerprint density at radius 3 is 2.93 bits per heavy atom. The number of anilines is 1. The normalized spacial score (nSPS) is 22.6. The van der Waals surface area contributed by atoms with Gasteiger partial charge >= 0.3 is 0 Å². The second-order valence-corrected chi connectivity index (χ2v) is 3.86. The van der Waals surface area contributed by atoms with Crippen molar-refractivity contribution >= 4 is 5.95 Å². The van der Waals surface area contributed by atoms with Crippen molar-refractivity contribution in [1.29, 1.82) is 0 Å². The number of aromatic nitrogens is 2. The lowest BCUT2D eigenvalue weighted by Crippen LogP contribution is -2.44. The van der Waals surface area contributed by atoms with Gasteiger partial charge in [-0.3, -0.25) is 4.90 Å². The average molecular weight is 206 g/mol. The number of rotatable bonds is 3. The van der Waals surface area contributed by atoms with Crippen LogP contribution in [0.3, 0.4) is 0 Å². The zero-order chi connectivity index (χ0) is 10.5. The van der Waals surface area contributed by atoms with Crippen molar-refractivity contribution in [2.75, 3.05) is 18.4 Å². The predicted molar refractivity (Wildman–Crippen MR) is 60.5 cm³/mol. The molecule has 0 aromatic carbocycles. The van der Waals surface area contributed by atoms with E-state index in [9.17, 15) is 0 Å². The molecule has 1 N–H and O–H groups in total. The Labute approximate surface area is 90.7 Å². The average Bonchev–Trinajstić information content (AvgIpc) is 2.31. The van der Waals surface area contributed by atoms with Crippen LogP contribution in [-0.2, 0) is 0 Å². The minimum Gasteiger partial charge on any atom is -0.339 e. The molecule has 2 heterocycles. The van der Waals surface area contributed by atoms with Crippen LogP contribution < -0.4 is 5.32 Å². The molecule has 0 aliphatic carbocycles. The molecule has 4 nitrogen and oxygen atoms in total. The van der Waals surface area contributed by atoms with Gasteiger partial charge in [-0.05, 0) is 31.9 Å². The van der Waals surface area contributed by atoms with Crippen LogP contribution >= 0.6 is 0 Å². The van der Waals surface area contributed by atoms with Crippen molar-refractivity contribution in [2.45, 2.75) is 32.4 Å². The zero-order valence-electron chi connectivity index (χ0n) is 9.19. The first-order chi connectivity index (χ1) is 7.40. The number of hydrogen-bond acceptors (Lipinski definition) is 4. The molecule has 1 atom stereocenters. The molecule has 4 heteroatoms. The van der Waals surface area contributed by atoms with Gasteiger partial charge in [-0.25, -0.2) is 9.97 Å². The van der Waals surface area contributed by atoms with Gasteiger partial charge in [0.25, 0.3) is 0 Å². The van der Waals surface area contributed by atoms with Gasteiger partial charge in [-0.2, -0.15) is 0 Å². The third-order valence-electron chi connectivity index (χ3n) is 2.88. The summed E-state index contributed by atoms with van der Waals surface area (Å²) in [5, 5.41) is 3.39. The maximum Gasteiger partial charge on any atom is 0.223 e. The summed E-state index contributed by atoms with van der Waals surface area (Å²) in [6, 6.07) is 1.84. The molecule has 1 aliphatic heterocycles. The lowest BCUT2D eigenvalue weighted by Gasteiger charge is -2.35. The van der Waals surface area contributed by atoms with Gasteiger partial charge in [0.05, 0.1) is 6.17 Å². The smallest absolute Gasteiger partial charge is 0.223 e. The van der Waals surface area contributed by atoms with Crippen molar-refractivity contribution in [3.63, 3.8) is 0 Å². The summed E-state index contributed by atoms with van der Waals surface area (Å²) in [4.78, 5) is 10.8. The fraction of sp³-hybridized carbons (Fsp3) is 0.636. The monoisotopic (exact) mass is 206 g/mol. The fourth-order valence-corrected chi connectivity index (χ4v) is 2.06. The lowest BCUT2D eigenvalue weighted by atomic mass is 10.1. The van der Waals surface area contributed by atoms with Crippen LogP contribution in [0.5, 0.6) is 0 Å². The Balaban J connectivity index is 1.97. The van der Waals surface area contributed by atoms with Gasteiger partial charge in [0.15, 0.2) is 0 Å². The highest BCUT2D eigenvalue weighted by Crippen LogP contribution is 2.17. The van der Waals surface area contributed by atoms with Gasteiger partial charge in [0.1, 0.15) is 0 Å². The van der Waals surface area contributed by atoms with E-state index in [1.54, 1.807) is 12.4 Å². The highest BCUT2D eigenvalue weighted by Gasteiger charge is 2.20. The molecule has 0 saturated carbocycles. The van der Waals surface area contributed by atoms with Gasteiger partial charge in [-0.15, -0.1) is 0 Å². The molecule has 1 fully saturated rings. The fourth-order valence-electron chi connectivity index (χ4n) is 2.06. The van der Waals surface area contributed by atoms with Crippen LogP contribution in [0, 0.1) is 0 Å². The van der Waals surface area contributed by atoms with E-state index in [4.69, 9.17) is 0 Å². The van der Waals surface area contributed by atoms with Crippen LogP contribution in [0.25, 0.3) is 0 Å².